The van der Waals surface area contributed by atoms with Gasteiger partial charge in [-0.2, -0.15) is 0 Å². The van der Waals surface area contributed by atoms with E-state index in [1.54, 1.807) is 24.6 Å². The van der Waals surface area contributed by atoms with Crippen LogP contribution in [-0.4, -0.2) is 87.0 Å². The van der Waals surface area contributed by atoms with Crippen LogP contribution in [0, 0.1) is 6.92 Å². The van der Waals surface area contributed by atoms with Crippen LogP contribution in [0.15, 0.2) is 45.9 Å². The SMILES string of the molecule is COCCOC(=O)c1c(Nc2ccc(OCCN3CCOCC3)cc2C)oc(C=C2C=Nc3ncccc32)c1O. The Morgan fingerprint density at radius 2 is 2.05 bits per heavy atom. The summed E-state index contributed by atoms with van der Waals surface area (Å²) in [4.78, 5) is 23.8. The highest BCUT2D eigenvalue weighted by Gasteiger charge is 2.28. The minimum Gasteiger partial charge on any atom is -0.504 e. The molecule has 11 nitrogen and oxygen atoms in total. The topological polar surface area (TPSA) is 128 Å². The van der Waals surface area contributed by atoms with Crippen LogP contribution in [0.2, 0.25) is 0 Å². The molecule has 1 aromatic carbocycles. The number of furan rings is 1. The second kappa shape index (κ2) is 12.8. The highest BCUT2D eigenvalue weighted by molar-refractivity contribution is 6.21. The van der Waals surface area contributed by atoms with Crippen molar-refractivity contribution in [3.63, 3.8) is 0 Å². The molecule has 0 atom stereocenters. The molecule has 5 rings (SSSR count). The zero-order valence-corrected chi connectivity index (χ0v) is 22.5. The monoisotopic (exact) mass is 548 g/mol. The van der Waals surface area contributed by atoms with Gasteiger partial charge in [-0.25, -0.2) is 14.8 Å². The molecule has 2 aliphatic heterocycles. The number of aromatic hydroxyl groups is 1. The van der Waals surface area contributed by atoms with Gasteiger partial charge in [0.1, 0.15) is 19.0 Å². The van der Waals surface area contributed by atoms with E-state index in [-0.39, 0.29) is 36.2 Å². The average molecular weight is 549 g/mol. The number of nitrogens with one attached hydrogen (secondary N) is 1. The largest absolute Gasteiger partial charge is 0.504 e. The summed E-state index contributed by atoms with van der Waals surface area (Å²) in [5, 5.41) is 14.2. The summed E-state index contributed by atoms with van der Waals surface area (Å²) in [5.74, 6) is 0.353. The number of methoxy groups -OCH3 is 1. The molecule has 40 heavy (non-hydrogen) atoms. The van der Waals surface area contributed by atoms with Gasteiger partial charge in [0.05, 0.1) is 19.8 Å². The Morgan fingerprint density at radius 1 is 1.20 bits per heavy atom. The maximum atomic E-state index is 13.0. The fourth-order valence-corrected chi connectivity index (χ4v) is 4.39. The molecular weight excluding hydrogens is 516 g/mol. The van der Waals surface area contributed by atoms with Crippen molar-refractivity contribution in [2.75, 3.05) is 65.1 Å². The third kappa shape index (κ3) is 6.33. The van der Waals surface area contributed by atoms with Gasteiger partial charge in [0.2, 0.25) is 5.88 Å². The second-order valence-corrected chi connectivity index (χ2v) is 9.28. The third-order valence-electron chi connectivity index (χ3n) is 6.57. The number of hydrogen-bond donors (Lipinski definition) is 2. The smallest absolute Gasteiger partial charge is 0.347 e. The molecule has 4 heterocycles. The lowest BCUT2D eigenvalue weighted by atomic mass is 10.1. The number of anilines is 2. The van der Waals surface area contributed by atoms with Gasteiger partial charge in [-0.15, -0.1) is 0 Å². The number of esters is 1. The van der Waals surface area contributed by atoms with Crippen LogP contribution in [0.4, 0.5) is 17.4 Å². The van der Waals surface area contributed by atoms with Crippen LogP contribution >= 0.6 is 0 Å². The van der Waals surface area contributed by atoms with Gasteiger partial charge >= 0.3 is 5.97 Å². The summed E-state index contributed by atoms with van der Waals surface area (Å²) in [6, 6.07) is 9.25. The van der Waals surface area contributed by atoms with Gasteiger partial charge in [-0.05, 0) is 48.9 Å². The van der Waals surface area contributed by atoms with E-state index in [1.165, 1.54) is 7.11 Å². The van der Waals surface area contributed by atoms with E-state index in [9.17, 15) is 9.90 Å². The predicted octanol–water partition coefficient (Wildman–Crippen LogP) is 4.20. The number of nitrogens with zero attached hydrogens (tertiary/aromatic N) is 3. The third-order valence-corrected chi connectivity index (χ3v) is 6.57. The first-order chi connectivity index (χ1) is 19.5. The fourth-order valence-electron chi connectivity index (χ4n) is 4.39. The molecule has 210 valence electrons. The Kier molecular flexibility index (Phi) is 8.74. The average Bonchev–Trinajstić information content (AvgIpc) is 3.51. The van der Waals surface area contributed by atoms with Crippen molar-refractivity contribution in [3.8, 4) is 11.5 Å². The lowest BCUT2D eigenvalue weighted by Crippen LogP contribution is -2.38. The van der Waals surface area contributed by atoms with Crippen LogP contribution in [0.25, 0.3) is 11.6 Å². The second-order valence-electron chi connectivity index (χ2n) is 9.28. The molecule has 0 spiro atoms. The zero-order chi connectivity index (χ0) is 27.9. The molecule has 0 unspecified atom stereocenters. The zero-order valence-electron chi connectivity index (χ0n) is 22.5. The van der Waals surface area contributed by atoms with E-state index in [0.29, 0.717) is 23.7 Å². The van der Waals surface area contributed by atoms with Gasteiger partial charge in [0.25, 0.3) is 0 Å². The first kappa shape index (κ1) is 27.4. The highest BCUT2D eigenvalue weighted by Crippen LogP contribution is 2.40. The Labute approximate surface area is 232 Å². The number of rotatable bonds is 11. The van der Waals surface area contributed by atoms with Gasteiger partial charge < -0.3 is 33.8 Å². The van der Waals surface area contributed by atoms with Crippen molar-refractivity contribution in [2.45, 2.75) is 6.92 Å². The summed E-state index contributed by atoms with van der Waals surface area (Å²) in [6.45, 7) is 6.87. The Hall–Kier alpha value is -4.19. The maximum Gasteiger partial charge on any atom is 0.347 e. The quantitative estimate of drug-likeness (QED) is 0.266. The number of fused-ring (bicyclic) bond motifs is 1. The standard InChI is InChI=1S/C29H32N4O7/c1-19-16-21(38-13-10-33-8-11-37-12-9-33)5-6-23(19)32-28-25(29(35)39-15-14-36-2)26(34)24(40-28)17-20-18-31-27-22(20)4-3-7-30-27/h3-7,16-18,32,34H,8-15H2,1-2H3. The number of morpholine rings is 1. The molecule has 0 radical (unpaired) electrons. The van der Waals surface area contributed by atoms with Crippen molar-refractivity contribution < 1.29 is 33.3 Å². The molecule has 0 bridgehead atoms. The molecule has 11 heteroatoms. The molecule has 2 N–H and O–H groups in total. The number of benzene rings is 1. The summed E-state index contributed by atoms with van der Waals surface area (Å²) < 4.78 is 27.6. The number of aliphatic imine (C=N–C) groups is 1. The molecule has 3 aromatic rings. The minimum absolute atomic E-state index is 0.0248. The lowest BCUT2D eigenvalue weighted by molar-refractivity contribution is 0.0322. The molecule has 1 fully saturated rings. The van der Waals surface area contributed by atoms with Crippen molar-refractivity contribution in [1.29, 1.82) is 0 Å². The van der Waals surface area contributed by atoms with Crippen LogP contribution in [0.1, 0.15) is 27.2 Å². The Bertz CT molecular complexity index is 1410. The van der Waals surface area contributed by atoms with Crippen molar-refractivity contribution in [1.82, 2.24) is 9.88 Å². The van der Waals surface area contributed by atoms with Crippen molar-refractivity contribution in [2.24, 2.45) is 4.99 Å². The van der Waals surface area contributed by atoms with Gasteiger partial charge in [0.15, 0.2) is 22.9 Å². The van der Waals surface area contributed by atoms with E-state index in [2.05, 4.69) is 20.2 Å². The summed E-state index contributed by atoms with van der Waals surface area (Å²) >= 11 is 0. The number of carbonyl (C=O) groups is 1. The molecule has 1 saturated heterocycles. The first-order valence-corrected chi connectivity index (χ1v) is 13.1. The van der Waals surface area contributed by atoms with Crippen molar-refractivity contribution in [3.05, 3.63) is 59.0 Å². The van der Waals surface area contributed by atoms with Gasteiger partial charge in [0, 0.05) is 56.0 Å². The van der Waals surface area contributed by atoms with E-state index in [4.69, 9.17) is 23.4 Å². The molecular formula is C29H32N4O7. The molecule has 0 aliphatic carbocycles. The summed E-state index contributed by atoms with van der Waals surface area (Å²) in [7, 11) is 1.51. The van der Waals surface area contributed by atoms with Crippen LogP contribution in [-0.2, 0) is 14.2 Å². The molecule has 0 saturated carbocycles. The number of ether oxygens (including phenoxy) is 4. The van der Waals surface area contributed by atoms with Gasteiger partial charge in [-0.1, -0.05) is 0 Å². The van der Waals surface area contributed by atoms with Crippen LogP contribution < -0.4 is 10.1 Å². The Balaban J connectivity index is 1.36. The number of allylic oxidation sites excluding steroid dienone is 1. The number of aryl methyl sites for hydroxylation is 1. The normalized spacial score (nSPS) is 15.8. The predicted molar refractivity (Wildman–Crippen MR) is 150 cm³/mol. The van der Waals surface area contributed by atoms with E-state index >= 15 is 0 Å². The minimum atomic E-state index is -0.742. The highest BCUT2D eigenvalue weighted by atomic mass is 16.6. The maximum absolute atomic E-state index is 13.0. The fraction of sp³-hybridized carbons (Fsp3) is 0.345. The summed E-state index contributed by atoms with van der Waals surface area (Å²) in [6.07, 6.45) is 4.90. The van der Waals surface area contributed by atoms with E-state index < -0.39 is 5.97 Å². The number of hydrogen-bond acceptors (Lipinski definition) is 11. The Morgan fingerprint density at radius 3 is 2.85 bits per heavy atom. The summed E-state index contributed by atoms with van der Waals surface area (Å²) in [5.41, 5.74) is 2.90. The number of pyridine rings is 1. The molecule has 2 aliphatic rings. The van der Waals surface area contributed by atoms with Gasteiger partial charge in [-0.3, -0.25) is 4.90 Å². The molecule has 0 amide bonds. The number of aromatic nitrogens is 1. The lowest BCUT2D eigenvalue weighted by Gasteiger charge is -2.26. The number of carbonyl (C=O) groups excluding carboxylic acids is 1. The van der Waals surface area contributed by atoms with Crippen LogP contribution in [0.5, 0.6) is 11.5 Å². The molecule has 2 aromatic heterocycles. The van der Waals surface area contributed by atoms with E-state index in [0.717, 1.165) is 49.7 Å². The van der Waals surface area contributed by atoms with E-state index in [1.807, 2.05) is 31.2 Å². The first-order valence-electron chi connectivity index (χ1n) is 13.1. The van der Waals surface area contributed by atoms with Crippen LogP contribution in [0.3, 0.4) is 0 Å². The van der Waals surface area contributed by atoms with Crippen molar-refractivity contribution >= 4 is 41.2 Å².